The molecule has 0 aliphatic heterocycles. The molecule has 4 heteroatoms. The highest BCUT2D eigenvalue weighted by Crippen LogP contribution is 2.16. The molecule has 0 aromatic heterocycles. The molecule has 1 aromatic rings. The van der Waals surface area contributed by atoms with Gasteiger partial charge in [0.25, 0.3) is 0 Å². The van der Waals surface area contributed by atoms with E-state index in [-0.39, 0.29) is 11.9 Å². The highest BCUT2D eigenvalue weighted by atomic mass is 79.9. The maximum absolute atomic E-state index is 11.6. The van der Waals surface area contributed by atoms with Crippen molar-refractivity contribution in [2.75, 3.05) is 13.1 Å². The number of carbonyl (C=O) groups excluding carboxylic acids is 1. The fourth-order valence-corrected chi connectivity index (χ4v) is 1.76. The van der Waals surface area contributed by atoms with Crippen molar-refractivity contribution < 1.29 is 4.79 Å². The Hall–Kier alpha value is -0.870. The number of halogens is 1. The summed E-state index contributed by atoms with van der Waals surface area (Å²) in [6.07, 6.45) is 0. The molecular weight excluding hydrogens is 292 g/mol. The lowest BCUT2D eigenvalue weighted by Gasteiger charge is -2.14. The van der Waals surface area contributed by atoms with Crippen LogP contribution in [-0.4, -0.2) is 19.0 Å². The highest BCUT2D eigenvalue weighted by Gasteiger charge is 2.07. The molecule has 0 aliphatic carbocycles. The first-order valence-electron chi connectivity index (χ1n) is 6.24. The fourth-order valence-electron chi connectivity index (χ4n) is 1.50. The zero-order valence-electron chi connectivity index (χ0n) is 11.2. The maximum atomic E-state index is 11.6. The minimum atomic E-state index is 0.0488. The minimum Gasteiger partial charge on any atom is -0.355 e. The Morgan fingerprint density at radius 1 is 1.22 bits per heavy atom. The first-order chi connectivity index (χ1) is 8.49. The third kappa shape index (κ3) is 5.65. The van der Waals surface area contributed by atoms with Gasteiger partial charge in [0, 0.05) is 17.1 Å². The summed E-state index contributed by atoms with van der Waals surface area (Å²) in [6, 6.07) is 8.28. The van der Waals surface area contributed by atoms with Crippen LogP contribution >= 0.6 is 15.9 Å². The Labute approximate surface area is 117 Å². The van der Waals surface area contributed by atoms with Crippen molar-refractivity contribution in [1.82, 2.24) is 10.6 Å². The zero-order valence-corrected chi connectivity index (χ0v) is 12.8. The van der Waals surface area contributed by atoms with Crippen molar-refractivity contribution in [2.45, 2.75) is 26.8 Å². The lowest BCUT2D eigenvalue weighted by atomic mass is 10.1. The van der Waals surface area contributed by atoms with E-state index in [0.717, 1.165) is 11.0 Å². The molecule has 0 unspecified atom stereocenters. The Kier molecular flexibility index (Phi) is 6.36. The van der Waals surface area contributed by atoms with Gasteiger partial charge < -0.3 is 10.6 Å². The molecule has 0 radical (unpaired) electrons. The summed E-state index contributed by atoms with van der Waals surface area (Å²) in [4.78, 5) is 11.6. The van der Waals surface area contributed by atoms with Gasteiger partial charge in [0.1, 0.15) is 0 Å². The quantitative estimate of drug-likeness (QED) is 0.848. The normalized spacial score (nSPS) is 12.5. The van der Waals surface area contributed by atoms with Crippen molar-refractivity contribution in [2.24, 2.45) is 5.92 Å². The number of carbonyl (C=O) groups is 1. The molecule has 0 spiro atoms. The third-order valence-electron chi connectivity index (χ3n) is 2.65. The number of benzene rings is 1. The molecule has 0 fully saturated rings. The molecule has 1 amide bonds. The van der Waals surface area contributed by atoms with Crippen LogP contribution in [0.2, 0.25) is 0 Å². The van der Waals surface area contributed by atoms with Crippen molar-refractivity contribution in [3.63, 3.8) is 0 Å². The van der Waals surface area contributed by atoms with Gasteiger partial charge in [0.15, 0.2) is 0 Å². The van der Waals surface area contributed by atoms with Crippen LogP contribution in [0, 0.1) is 5.92 Å². The fraction of sp³-hybridized carbons (Fsp3) is 0.500. The molecule has 1 rings (SSSR count). The second-order valence-electron chi connectivity index (χ2n) is 4.85. The van der Waals surface area contributed by atoms with Crippen LogP contribution in [0.1, 0.15) is 32.4 Å². The van der Waals surface area contributed by atoms with Crippen LogP contribution in [0.15, 0.2) is 28.7 Å². The van der Waals surface area contributed by atoms with E-state index in [1.807, 2.05) is 24.3 Å². The van der Waals surface area contributed by atoms with E-state index >= 15 is 0 Å². The largest absolute Gasteiger partial charge is 0.355 e. The molecule has 2 N–H and O–H groups in total. The first-order valence-corrected chi connectivity index (χ1v) is 7.04. The van der Waals surface area contributed by atoms with Crippen LogP contribution in [0.25, 0.3) is 0 Å². The molecular formula is C14H21BrN2O. The molecule has 0 saturated heterocycles. The minimum absolute atomic E-state index is 0.0488. The SMILES string of the molecule is CC(C)CNC(=O)CN[C@@H](C)c1ccc(Br)cc1. The number of nitrogens with one attached hydrogen (secondary N) is 2. The van der Waals surface area contributed by atoms with Gasteiger partial charge >= 0.3 is 0 Å². The second-order valence-corrected chi connectivity index (χ2v) is 5.77. The van der Waals surface area contributed by atoms with Crippen LogP contribution in [0.4, 0.5) is 0 Å². The average molecular weight is 313 g/mol. The molecule has 100 valence electrons. The Morgan fingerprint density at radius 3 is 2.39 bits per heavy atom. The predicted molar refractivity (Wildman–Crippen MR) is 78.4 cm³/mol. The van der Waals surface area contributed by atoms with Crippen molar-refractivity contribution >= 4 is 21.8 Å². The predicted octanol–water partition coefficient (Wildman–Crippen LogP) is 2.87. The van der Waals surface area contributed by atoms with E-state index in [4.69, 9.17) is 0 Å². The molecule has 1 aromatic carbocycles. The van der Waals surface area contributed by atoms with E-state index in [1.54, 1.807) is 0 Å². The Morgan fingerprint density at radius 2 is 1.83 bits per heavy atom. The average Bonchev–Trinajstić information content (AvgIpc) is 2.34. The van der Waals surface area contributed by atoms with Crippen LogP contribution in [0.5, 0.6) is 0 Å². The van der Waals surface area contributed by atoms with Crippen LogP contribution in [-0.2, 0) is 4.79 Å². The number of hydrogen-bond acceptors (Lipinski definition) is 2. The number of amides is 1. The van der Waals surface area contributed by atoms with E-state index in [9.17, 15) is 4.79 Å². The van der Waals surface area contributed by atoms with Crippen LogP contribution in [0.3, 0.4) is 0 Å². The molecule has 3 nitrogen and oxygen atoms in total. The van der Waals surface area contributed by atoms with E-state index in [1.165, 1.54) is 5.56 Å². The number of hydrogen-bond donors (Lipinski definition) is 2. The maximum Gasteiger partial charge on any atom is 0.233 e. The standard InChI is InChI=1S/C14H21BrN2O/c1-10(2)8-17-14(18)9-16-11(3)12-4-6-13(15)7-5-12/h4-7,10-11,16H,8-9H2,1-3H3,(H,17,18)/t11-/m0/s1. The Balaban J connectivity index is 2.34. The molecule has 0 bridgehead atoms. The van der Waals surface area contributed by atoms with E-state index in [0.29, 0.717) is 12.5 Å². The molecule has 18 heavy (non-hydrogen) atoms. The summed E-state index contributed by atoms with van der Waals surface area (Å²) in [5.41, 5.74) is 1.18. The smallest absolute Gasteiger partial charge is 0.233 e. The van der Waals surface area contributed by atoms with Gasteiger partial charge in [0.2, 0.25) is 5.91 Å². The zero-order chi connectivity index (χ0) is 13.5. The Bertz CT molecular complexity index is 376. The molecule has 0 saturated carbocycles. The topological polar surface area (TPSA) is 41.1 Å². The van der Waals surface area contributed by atoms with Gasteiger partial charge in [0.05, 0.1) is 6.54 Å². The van der Waals surface area contributed by atoms with Gasteiger partial charge in [-0.2, -0.15) is 0 Å². The van der Waals surface area contributed by atoms with E-state index < -0.39 is 0 Å². The molecule has 0 aliphatic rings. The first kappa shape index (κ1) is 15.2. The van der Waals surface area contributed by atoms with Crippen molar-refractivity contribution in [1.29, 1.82) is 0 Å². The van der Waals surface area contributed by atoms with Crippen LogP contribution < -0.4 is 10.6 Å². The van der Waals surface area contributed by atoms with Gasteiger partial charge in [-0.15, -0.1) is 0 Å². The summed E-state index contributed by atoms with van der Waals surface area (Å²) < 4.78 is 1.06. The third-order valence-corrected chi connectivity index (χ3v) is 3.17. The van der Waals surface area contributed by atoms with Gasteiger partial charge in [-0.1, -0.05) is 41.9 Å². The highest BCUT2D eigenvalue weighted by molar-refractivity contribution is 9.10. The van der Waals surface area contributed by atoms with Crippen molar-refractivity contribution in [3.05, 3.63) is 34.3 Å². The summed E-state index contributed by atoms with van der Waals surface area (Å²) in [7, 11) is 0. The van der Waals surface area contributed by atoms with Gasteiger partial charge in [-0.05, 0) is 30.5 Å². The van der Waals surface area contributed by atoms with Gasteiger partial charge in [-0.3, -0.25) is 4.79 Å². The molecule has 0 heterocycles. The van der Waals surface area contributed by atoms with Gasteiger partial charge in [-0.25, -0.2) is 0 Å². The summed E-state index contributed by atoms with van der Waals surface area (Å²) in [6.45, 7) is 7.30. The van der Waals surface area contributed by atoms with E-state index in [2.05, 4.69) is 47.3 Å². The summed E-state index contributed by atoms with van der Waals surface area (Å²) in [5.74, 6) is 0.533. The summed E-state index contributed by atoms with van der Waals surface area (Å²) >= 11 is 3.41. The second kappa shape index (κ2) is 7.54. The monoisotopic (exact) mass is 312 g/mol. The number of rotatable bonds is 6. The summed E-state index contributed by atoms with van der Waals surface area (Å²) in [5, 5.41) is 6.10. The lowest BCUT2D eigenvalue weighted by Crippen LogP contribution is -2.36. The van der Waals surface area contributed by atoms with Crippen molar-refractivity contribution in [3.8, 4) is 0 Å². The lowest BCUT2D eigenvalue weighted by molar-refractivity contribution is -0.120. The molecule has 1 atom stereocenters.